The average molecular weight is 476 g/mol. The van der Waals surface area contributed by atoms with Gasteiger partial charge in [-0.25, -0.2) is 14.8 Å². The highest BCUT2D eigenvalue weighted by atomic mass is 16.5. The molecule has 2 N–H and O–H groups in total. The number of anilines is 2. The highest BCUT2D eigenvalue weighted by molar-refractivity contribution is 6.00. The van der Waals surface area contributed by atoms with Crippen LogP contribution in [-0.2, 0) is 0 Å². The number of nitrogens with zero attached hydrogens (tertiary/aromatic N) is 4. The number of nitrogens with one attached hydrogen (secondary N) is 2. The van der Waals surface area contributed by atoms with E-state index in [0.717, 1.165) is 11.1 Å². The van der Waals surface area contributed by atoms with Crippen molar-refractivity contribution in [2.24, 2.45) is 0 Å². The molecule has 0 aliphatic rings. The molecule has 0 aliphatic heterocycles. The van der Waals surface area contributed by atoms with Gasteiger partial charge >= 0.3 is 6.03 Å². The van der Waals surface area contributed by atoms with Crippen molar-refractivity contribution in [1.82, 2.24) is 9.97 Å². The second-order valence-electron chi connectivity index (χ2n) is 7.73. The van der Waals surface area contributed by atoms with Gasteiger partial charge in [0.1, 0.15) is 46.5 Å². The Morgan fingerprint density at radius 1 is 0.722 bits per heavy atom. The number of pyridine rings is 2. The molecule has 0 bridgehead atoms. The van der Waals surface area contributed by atoms with E-state index in [2.05, 4.69) is 20.6 Å². The van der Waals surface area contributed by atoms with E-state index >= 15 is 0 Å². The van der Waals surface area contributed by atoms with E-state index in [1.807, 2.05) is 38.1 Å². The van der Waals surface area contributed by atoms with Crippen LogP contribution < -0.4 is 20.1 Å². The minimum Gasteiger partial charge on any atom is -0.455 e. The largest absolute Gasteiger partial charge is 0.455 e. The van der Waals surface area contributed by atoms with Gasteiger partial charge in [0.2, 0.25) is 0 Å². The molecule has 0 aliphatic carbocycles. The number of ether oxygens (including phenoxy) is 2. The van der Waals surface area contributed by atoms with Crippen LogP contribution in [-0.4, -0.2) is 16.0 Å². The molecule has 2 heterocycles. The third kappa shape index (κ3) is 5.93. The molecule has 176 valence electrons. The molecular weight excluding hydrogens is 456 g/mol. The summed E-state index contributed by atoms with van der Waals surface area (Å²) in [4.78, 5) is 20.6. The van der Waals surface area contributed by atoms with Crippen molar-refractivity contribution in [3.8, 4) is 35.1 Å². The van der Waals surface area contributed by atoms with Gasteiger partial charge in [-0.3, -0.25) is 0 Å². The van der Waals surface area contributed by atoms with Crippen LogP contribution in [0.5, 0.6) is 23.0 Å². The summed E-state index contributed by atoms with van der Waals surface area (Å²) in [7, 11) is 0. The SMILES string of the molecule is Cc1ccc(NC(=O)Nc2ccc(C)c(Oc3ccc(C#N)nc3)c2)cc1Oc1ccc(C#N)nc1. The van der Waals surface area contributed by atoms with Gasteiger partial charge in [0, 0.05) is 23.5 Å². The minimum absolute atomic E-state index is 0.296. The zero-order chi connectivity index (χ0) is 25.5. The molecular formula is C27H20N6O3. The highest BCUT2D eigenvalue weighted by Crippen LogP contribution is 2.29. The molecule has 0 unspecified atom stereocenters. The molecule has 0 saturated carbocycles. The molecule has 0 spiro atoms. The fourth-order valence-electron chi connectivity index (χ4n) is 3.14. The Balaban J connectivity index is 1.43. The summed E-state index contributed by atoms with van der Waals surface area (Å²) < 4.78 is 11.7. The van der Waals surface area contributed by atoms with Crippen LogP contribution in [0, 0.1) is 36.5 Å². The van der Waals surface area contributed by atoms with Crippen LogP contribution in [0.2, 0.25) is 0 Å². The van der Waals surface area contributed by atoms with Crippen molar-refractivity contribution in [3.05, 3.63) is 95.6 Å². The Kier molecular flexibility index (Phi) is 7.04. The van der Waals surface area contributed by atoms with Gasteiger partial charge in [-0.1, -0.05) is 12.1 Å². The number of rotatable bonds is 6. The maximum Gasteiger partial charge on any atom is 0.323 e. The normalized spacial score (nSPS) is 10.0. The minimum atomic E-state index is -0.445. The monoisotopic (exact) mass is 476 g/mol. The van der Waals surface area contributed by atoms with Gasteiger partial charge in [0.15, 0.2) is 0 Å². The number of carbonyl (C=O) groups excluding carboxylic acids is 1. The van der Waals surface area contributed by atoms with E-state index in [9.17, 15) is 4.79 Å². The van der Waals surface area contributed by atoms with Crippen molar-refractivity contribution in [2.45, 2.75) is 13.8 Å². The molecule has 0 atom stereocenters. The van der Waals surface area contributed by atoms with Gasteiger partial charge < -0.3 is 20.1 Å². The summed E-state index contributed by atoms with van der Waals surface area (Å²) in [6, 6.07) is 20.5. The first-order valence-corrected chi connectivity index (χ1v) is 10.8. The number of aryl methyl sites for hydroxylation is 2. The zero-order valence-electron chi connectivity index (χ0n) is 19.4. The molecule has 0 radical (unpaired) electrons. The van der Waals surface area contributed by atoms with Crippen LogP contribution in [0.15, 0.2) is 73.1 Å². The molecule has 36 heavy (non-hydrogen) atoms. The topological polar surface area (TPSA) is 133 Å². The van der Waals surface area contributed by atoms with Crippen molar-refractivity contribution in [3.63, 3.8) is 0 Å². The Morgan fingerprint density at radius 2 is 1.17 bits per heavy atom. The zero-order valence-corrected chi connectivity index (χ0v) is 19.4. The molecule has 0 saturated heterocycles. The van der Waals surface area contributed by atoms with Gasteiger partial charge in [-0.2, -0.15) is 10.5 Å². The number of benzene rings is 2. The van der Waals surface area contributed by atoms with Gasteiger partial charge in [0.05, 0.1) is 12.4 Å². The first-order chi connectivity index (χ1) is 17.4. The molecule has 0 fully saturated rings. The summed E-state index contributed by atoms with van der Waals surface area (Å²) in [6.45, 7) is 3.76. The van der Waals surface area contributed by atoms with Gasteiger partial charge in [0.25, 0.3) is 0 Å². The summed E-state index contributed by atoms with van der Waals surface area (Å²) >= 11 is 0. The average Bonchev–Trinajstić information content (AvgIpc) is 2.89. The molecule has 2 aromatic heterocycles. The fraction of sp³-hybridized carbons (Fsp3) is 0.0741. The number of hydrogen-bond acceptors (Lipinski definition) is 7. The first-order valence-electron chi connectivity index (χ1n) is 10.8. The highest BCUT2D eigenvalue weighted by Gasteiger charge is 2.10. The summed E-state index contributed by atoms with van der Waals surface area (Å²) in [5.74, 6) is 2.04. The van der Waals surface area contributed by atoms with Gasteiger partial charge in [-0.15, -0.1) is 0 Å². The second-order valence-corrected chi connectivity index (χ2v) is 7.73. The van der Waals surface area contributed by atoms with Crippen molar-refractivity contribution in [1.29, 1.82) is 10.5 Å². The molecule has 4 rings (SSSR count). The molecule has 9 nitrogen and oxygen atoms in total. The Labute approximate surface area is 207 Å². The van der Waals surface area contributed by atoms with Crippen LogP contribution in [0.4, 0.5) is 16.2 Å². The predicted molar refractivity (Wildman–Crippen MR) is 133 cm³/mol. The smallest absolute Gasteiger partial charge is 0.323 e. The molecule has 4 aromatic rings. The lowest BCUT2D eigenvalue weighted by Gasteiger charge is -2.13. The van der Waals surface area contributed by atoms with E-state index in [1.54, 1.807) is 48.5 Å². The molecule has 2 amide bonds. The summed E-state index contributed by atoms with van der Waals surface area (Å²) in [5.41, 5.74) is 3.38. The molecule has 9 heteroatoms. The van der Waals surface area contributed by atoms with Crippen molar-refractivity contribution < 1.29 is 14.3 Å². The fourth-order valence-corrected chi connectivity index (χ4v) is 3.14. The van der Waals surface area contributed by atoms with Gasteiger partial charge in [-0.05, 0) is 61.4 Å². The number of amides is 2. The Morgan fingerprint density at radius 3 is 1.53 bits per heavy atom. The van der Waals surface area contributed by atoms with Crippen LogP contribution >= 0.6 is 0 Å². The maximum absolute atomic E-state index is 12.6. The van der Waals surface area contributed by atoms with Crippen molar-refractivity contribution in [2.75, 3.05) is 10.6 Å². The first kappa shape index (κ1) is 23.7. The lowest BCUT2D eigenvalue weighted by molar-refractivity contribution is 0.262. The quantitative estimate of drug-likeness (QED) is 0.345. The van der Waals surface area contributed by atoms with E-state index in [-0.39, 0.29) is 0 Å². The van der Waals surface area contributed by atoms with Crippen LogP contribution in [0.25, 0.3) is 0 Å². The van der Waals surface area contributed by atoms with Crippen LogP contribution in [0.3, 0.4) is 0 Å². The predicted octanol–water partition coefficient (Wildman–Crippen LogP) is 6.07. The number of hydrogen-bond donors (Lipinski definition) is 2. The number of nitriles is 2. The number of carbonyl (C=O) groups is 1. The lowest BCUT2D eigenvalue weighted by Crippen LogP contribution is -2.19. The maximum atomic E-state index is 12.6. The van der Waals surface area contributed by atoms with Crippen molar-refractivity contribution >= 4 is 17.4 Å². The van der Waals surface area contributed by atoms with E-state index in [0.29, 0.717) is 45.8 Å². The summed E-state index contributed by atoms with van der Waals surface area (Å²) in [6.07, 6.45) is 2.94. The third-order valence-electron chi connectivity index (χ3n) is 5.05. The second kappa shape index (κ2) is 10.7. The number of urea groups is 1. The summed E-state index contributed by atoms with van der Waals surface area (Å²) in [5, 5.41) is 23.3. The lowest BCUT2D eigenvalue weighted by atomic mass is 10.2. The van der Waals surface area contributed by atoms with Crippen LogP contribution in [0.1, 0.15) is 22.5 Å². The van der Waals surface area contributed by atoms with E-state index in [4.69, 9.17) is 20.0 Å². The van der Waals surface area contributed by atoms with E-state index < -0.39 is 6.03 Å². The number of aromatic nitrogens is 2. The standard InChI is InChI=1S/C27H20N6O3/c1-17-3-5-19(11-25(17)35-23-9-7-21(13-28)30-15-23)32-27(34)33-20-6-4-18(2)26(12-20)36-24-10-8-22(14-29)31-16-24/h3-12,15-16H,1-2H3,(H2,32,33,34). The van der Waals surface area contributed by atoms with E-state index in [1.165, 1.54) is 12.4 Å². The third-order valence-corrected chi connectivity index (χ3v) is 5.05. The molecule has 2 aromatic carbocycles. The Hall–Kier alpha value is -5.41. The Bertz CT molecular complexity index is 1370.